The van der Waals surface area contributed by atoms with Crippen LogP contribution < -0.4 is 0 Å². The minimum absolute atomic E-state index is 0.0952. The molecule has 0 rings (SSSR count). The van der Waals surface area contributed by atoms with Crippen LogP contribution in [0.1, 0.15) is 148 Å². The third kappa shape index (κ3) is 27.9. The van der Waals surface area contributed by atoms with E-state index in [2.05, 4.69) is 11.1 Å². The summed E-state index contributed by atoms with van der Waals surface area (Å²) in [5, 5.41) is 0. The number of hydrogen-bond acceptors (Lipinski definition) is 3. The smallest absolute Gasteiger partial charge is 0.264 e. The van der Waals surface area contributed by atoms with Gasteiger partial charge in [0.25, 0.3) is 0 Å². The zero-order valence-electron chi connectivity index (χ0n) is 19.3. The molecule has 0 aromatic heterocycles. The Morgan fingerprint density at radius 1 is 0.483 bits per heavy atom. The number of hydrogen-bond donors (Lipinski definition) is 1. The summed E-state index contributed by atoms with van der Waals surface area (Å²) >= 11 is 0. The maximum Gasteiger partial charge on any atom is 0.397 e. The van der Waals surface area contributed by atoms with Gasteiger partial charge in [0.1, 0.15) is 0 Å². The van der Waals surface area contributed by atoms with Crippen molar-refractivity contribution in [2.24, 2.45) is 0 Å². The first kappa shape index (κ1) is 28.9. The van der Waals surface area contributed by atoms with Crippen molar-refractivity contribution in [2.45, 2.75) is 148 Å². The van der Waals surface area contributed by atoms with E-state index in [9.17, 15) is 8.42 Å². The second kappa shape index (κ2) is 22.6. The predicted octanol–water partition coefficient (Wildman–Crippen LogP) is 8.41. The fourth-order valence-electron chi connectivity index (χ4n) is 3.88. The van der Waals surface area contributed by atoms with Crippen molar-refractivity contribution in [1.82, 2.24) is 0 Å². The van der Waals surface area contributed by atoms with Crippen molar-refractivity contribution in [3.05, 3.63) is 0 Å². The highest BCUT2D eigenvalue weighted by Crippen LogP contribution is 2.15. The molecular formula is C24H50O4S. The highest BCUT2D eigenvalue weighted by Gasteiger charge is 2.02. The Balaban J connectivity index is 3.03. The van der Waals surface area contributed by atoms with Gasteiger partial charge in [-0.15, -0.1) is 0 Å². The summed E-state index contributed by atoms with van der Waals surface area (Å²) in [6.07, 6.45) is 29.3. The maximum atomic E-state index is 10.4. The van der Waals surface area contributed by atoms with E-state index < -0.39 is 10.4 Å². The Labute approximate surface area is 182 Å². The largest absolute Gasteiger partial charge is 0.397 e. The molecule has 0 bridgehead atoms. The molecule has 0 saturated carbocycles. The van der Waals surface area contributed by atoms with E-state index >= 15 is 0 Å². The van der Waals surface area contributed by atoms with Gasteiger partial charge >= 0.3 is 10.4 Å². The van der Waals surface area contributed by atoms with Crippen LogP contribution >= 0.6 is 0 Å². The van der Waals surface area contributed by atoms with Crippen LogP contribution in [0.3, 0.4) is 0 Å². The Bertz CT molecular complexity index is 409. The van der Waals surface area contributed by atoms with Crippen LogP contribution in [0, 0.1) is 0 Å². The average Bonchev–Trinajstić information content (AvgIpc) is 2.67. The summed E-state index contributed by atoms with van der Waals surface area (Å²) in [5.74, 6) is 0. The van der Waals surface area contributed by atoms with Crippen LogP contribution in [0.4, 0.5) is 0 Å². The van der Waals surface area contributed by atoms with Gasteiger partial charge in [0.2, 0.25) is 0 Å². The molecule has 0 atom stereocenters. The molecule has 0 unspecified atom stereocenters. The van der Waals surface area contributed by atoms with E-state index in [4.69, 9.17) is 4.55 Å². The third-order valence-electron chi connectivity index (χ3n) is 5.73. The predicted molar refractivity (Wildman–Crippen MR) is 125 cm³/mol. The average molecular weight is 435 g/mol. The number of rotatable bonds is 24. The van der Waals surface area contributed by atoms with E-state index in [-0.39, 0.29) is 6.61 Å². The Morgan fingerprint density at radius 2 is 0.724 bits per heavy atom. The lowest BCUT2D eigenvalue weighted by Gasteiger charge is -2.04. The van der Waals surface area contributed by atoms with E-state index in [0.29, 0.717) is 6.42 Å². The fourth-order valence-corrected chi connectivity index (χ4v) is 4.20. The first-order chi connectivity index (χ1) is 14.1. The van der Waals surface area contributed by atoms with Gasteiger partial charge in [-0.25, -0.2) is 4.18 Å². The van der Waals surface area contributed by atoms with Crippen LogP contribution in [0.15, 0.2) is 0 Å². The van der Waals surface area contributed by atoms with Crippen LogP contribution in [0.2, 0.25) is 0 Å². The molecular weight excluding hydrogens is 384 g/mol. The second-order valence-corrected chi connectivity index (χ2v) is 9.77. The second-order valence-electron chi connectivity index (χ2n) is 8.67. The molecule has 4 nitrogen and oxygen atoms in total. The quantitative estimate of drug-likeness (QED) is 0.122. The van der Waals surface area contributed by atoms with Crippen molar-refractivity contribution in [3.63, 3.8) is 0 Å². The molecule has 0 amide bonds. The molecule has 0 aromatic rings. The molecule has 0 fully saturated rings. The van der Waals surface area contributed by atoms with Gasteiger partial charge in [0.05, 0.1) is 6.61 Å². The summed E-state index contributed by atoms with van der Waals surface area (Å²) in [5.41, 5.74) is 0. The van der Waals surface area contributed by atoms with E-state index in [1.165, 1.54) is 122 Å². The lowest BCUT2D eigenvalue weighted by atomic mass is 10.0. The molecule has 0 saturated heterocycles. The van der Waals surface area contributed by atoms with Gasteiger partial charge in [0.15, 0.2) is 0 Å². The molecule has 5 heteroatoms. The molecule has 0 radical (unpaired) electrons. The monoisotopic (exact) mass is 434 g/mol. The van der Waals surface area contributed by atoms with Crippen LogP contribution in [0.25, 0.3) is 0 Å². The lowest BCUT2D eigenvalue weighted by Crippen LogP contribution is -2.04. The van der Waals surface area contributed by atoms with Gasteiger partial charge in [-0.05, 0) is 6.42 Å². The highest BCUT2D eigenvalue weighted by molar-refractivity contribution is 7.80. The zero-order valence-corrected chi connectivity index (χ0v) is 20.2. The molecule has 0 aliphatic carbocycles. The summed E-state index contributed by atoms with van der Waals surface area (Å²) in [4.78, 5) is 0. The van der Waals surface area contributed by atoms with Gasteiger partial charge in [0, 0.05) is 0 Å². The van der Waals surface area contributed by atoms with Crippen molar-refractivity contribution < 1.29 is 17.2 Å². The third-order valence-corrected chi connectivity index (χ3v) is 6.19. The lowest BCUT2D eigenvalue weighted by molar-refractivity contribution is 0.261. The molecule has 0 heterocycles. The van der Waals surface area contributed by atoms with Crippen molar-refractivity contribution in [2.75, 3.05) is 6.61 Å². The summed E-state index contributed by atoms with van der Waals surface area (Å²) < 4.78 is 33.5. The van der Waals surface area contributed by atoms with Gasteiger partial charge in [-0.1, -0.05) is 142 Å². The van der Waals surface area contributed by atoms with Crippen molar-refractivity contribution >= 4 is 10.4 Å². The summed E-state index contributed by atoms with van der Waals surface area (Å²) in [6, 6.07) is 0. The van der Waals surface area contributed by atoms with E-state index in [1.807, 2.05) is 0 Å². The molecule has 0 aliphatic rings. The standard InChI is InChI=1S/C24H50O4S/c1-2-3-4-5-6-7-8-9-10-11-12-13-14-15-16-17-18-19-20-21-22-23-24-28-29(25,26)27/h2-24H2,1H3,(H,25,26,27). The molecule has 0 spiro atoms. The first-order valence-electron chi connectivity index (χ1n) is 12.7. The molecule has 176 valence electrons. The highest BCUT2D eigenvalue weighted by atomic mass is 32.3. The van der Waals surface area contributed by atoms with Crippen LogP contribution in [0.5, 0.6) is 0 Å². The van der Waals surface area contributed by atoms with Crippen LogP contribution in [-0.4, -0.2) is 19.6 Å². The first-order valence-corrected chi connectivity index (χ1v) is 14.0. The molecule has 0 aliphatic heterocycles. The minimum Gasteiger partial charge on any atom is -0.264 e. The van der Waals surface area contributed by atoms with Crippen LogP contribution in [-0.2, 0) is 14.6 Å². The summed E-state index contributed by atoms with van der Waals surface area (Å²) in [7, 11) is -4.25. The topological polar surface area (TPSA) is 63.6 Å². The van der Waals surface area contributed by atoms with Gasteiger partial charge in [-0.3, -0.25) is 4.55 Å². The maximum absolute atomic E-state index is 10.4. The molecule has 1 N–H and O–H groups in total. The Kier molecular flexibility index (Phi) is 22.5. The SMILES string of the molecule is CCCCCCCCCCCCCCCCCCCCCCCCOS(=O)(=O)O. The Hall–Kier alpha value is -0.130. The Morgan fingerprint density at radius 3 is 0.966 bits per heavy atom. The van der Waals surface area contributed by atoms with E-state index in [1.54, 1.807) is 0 Å². The van der Waals surface area contributed by atoms with Gasteiger partial charge < -0.3 is 0 Å². The molecule has 29 heavy (non-hydrogen) atoms. The van der Waals surface area contributed by atoms with Gasteiger partial charge in [-0.2, -0.15) is 8.42 Å². The fraction of sp³-hybridized carbons (Fsp3) is 1.00. The van der Waals surface area contributed by atoms with E-state index in [0.717, 1.165) is 12.8 Å². The van der Waals surface area contributed by atoms with Crippen molar-refractivity contribution in [3.8, 4) is 0 Å². The normalized spacial score (nSPS) is 11.9. The zero-order chi connectivity index (χ0) is 21.5. The molecule has 0 aromatic carbocycles. The minimum atomic E-state index is -4.25. The van der Waals surface area contributed by atoms with Crippen molar-refractivity contribution in [1.29, 1.82) is 0 Å². The summed E-state index contributed by atoms with van der Waals surface area (Å²) in [6.45, 7) is 2.38. The number of unbranched alkanes of at least 4 members (excludes halogenated alkanes) is 21.